The van der Waals surface area contributed by atoms with Crippen LogP contribution in [0.3, 0.4) is 0 Å². The van der Waals surface area contributed by atoms with Gasteiger partial charge in [-0.25, -0.2) is 0 Å². The third-order valence-electron chi connectivity index (χ3n) is 3.61. The van der Waals surface area contributed by atoms with Gasteiger partial charge in [0.2, 0.25) is 0 Å². The predicted molar refractivity (Wildman–Crippen MR) is 74.5 cm³/mol. The molecule has 0 amide bonds. The molecule has 0 spiro atoms. The summed E-state index contributed by atoms with van der Waals surface area (Å²) in [5.41, 5.74) is 7.40. The van der Waals surface area contributed by atoms with E-state index in [0.717, 1.165) is 19.7 Å². The largest absolute Gasteiger partial charge is 0.383 e. The molecule has 1 aromatic carbocycles. The van der Waals surface area contributed by atoms with Gasteiger partial charge in [-0.1, -0.05) is 30.3 Å². The van der Waals surface area contributed by atoms with Gasteiger partial charge in [0.1, 0.15) is 0 Å². The molecule has 0 bridgehead atoms. The summed E-state index contributed by atoms with van der Waals surface area (Å²) in [6, 6.07) is 11.1. The highest BCUT2D eigenvalue weighted by atomic mass is 16.5. The molecule has 1 saturated carbocycles. The lowest BCUT2D eigenvalue weighted by molar-refractivity contribution is 0.127. The molecular formula is C15H24N2O. The van der Waals surface area contributed by atoms with E-state index in [1.807, 2.05) is 6.07 Å². The SMILES string of the molecule is COCCN(CC(C)(N)c1ccccc1)C1CC1. The molecule has 1 aromatic rings. The first kappa shape index (κ1) is 13.5. The van der Waals surface area contributed by atoms with E-state index in [1.165, 1.54) is 18.4 Å². The van der Waals surface area contributed by atoms with Gasteiger partial charge in [-0.15, -0.1) is 0 Å². The quantitative estimate of drug-likeness (QED) is 0.802. The van der Waals surface area contributed by atoms with E-state index in [-0.39, 0.29) is 5.54 Å². The second-order valence-corrected chi connectivity index (χ2v) is 5.48. The summed E-state index contributed by atoms with van der Waals surface area (Å²) in [6.07, 6.45) is 2.60. The minimum Gasteiger partial charge on any atom is -0.383 e. The highest BCUT2D eigenvalue weighted by Gasteiger charge is 2.33. The van der Waals surface area contributed by atoms with Crippen molar-refractivity contribution in [2.75, 3.05) is 26.8 Å². The zero-order chi connectivity index (χ0) is 13.0. The number of hydrogen-bond acceptors (Lipinski definition) is 3. The molecule has 18 heavy (non-hydrogen) atoms. The second kappa shape index (κ2) is 5.83. The molecular weight excluding hydrogens is 224 g/mol. The van der Waals surface area contributed by atoms with Gasteiger partial charge in [-0.05, 0) is 25.3 Å². The minimum absolute atomic E-state index is 0.294. The summed E-state index contributed by atoms with van der Waals surface area (Å²) >= 11 is 0. The number of methoxy groups -OCH3 is 1. The molecule has 2 rings (SSSR count). The summed E-state index contributed by atoms with van der Waals surface area (Å²) < 4.78 is 5.19. The summed E-state index contributed by atoms with van der Waals surface area (Å²) in [7, 11) is 1.75. The van der Waals surface area contributed by atoms with Gasteiger partial charge in [-0.3, -0.25) is 4.90 Å². The third-order valence-corrected chi connectivity index (χ3v) is 3.61. The molecule has 0 aliphatic heterocycles. The van der Waals surface area contributed by atoms with Gasteiger partial charge in [0.15, 0.2) is 0 Å². The zero-order valence-electron chi connectivity index (χ0n) is 11.4. The highest BCUT2D eigenvalue weighted by molar-refractivity contribution is 5.23. The molecule has 1 aliphatic rings. The Kier molecular flexibility index (Phi) is 4.38. The maximum absolute atomic E-state index is 6.49. The number of nitrogens with zero attached hydrogens (tertiary/aromatic N) is 1. The van der Waals surface area contributed by atoms with Gasteiger partial charge in [0, 0.05) is 26.2 Å². The third kappa shape index (κ3) is 3.55. The maximum Gasteiger partial charge on any atom is 0.0589 e. The van der Waals surface area contributed by atoms with E-state index in [2.05, 4.69) is 36.1 Å². The number of ether oxygens (including phenoxy) is 1. The lowest BCUT2D eigenvalue weighted by atomic mass is 9.92. The Balaban J connectivity index is 2.00. The van der Waals surface area contributed by atoms with Crippen LogP contribution in [0.2, 0.25) is 0 Å². The predicted octanol–water partition coefficient (Wildman–Crippen LogP) is 1.97. The summed E-state index contributed by atoms with van der Waals surface area (Å²) in [5, 5.41) is 0. The Morgan fingerprint density at radius 3 is 2.56 bits per heavy atom. The van der Waals surface area contributed by atoms with Crippen LogP contribution in [0.1, 0.15) is 25.3 Å². The Labute approximate surface area is 110 Å². The van der Waals surface area contributed by atoms with Gasteiger partial charge < -0.3 is 10.5 Å². The minimum atomic E-state index is -0.294. The lowest BCUT2D eigenvalue weighted by Gasteiger charge is -2.33. The van der Waals surface area contributed by atoms with Crippen molar-refractivity contribution in [2.24, 2.45) is 5.73 Å². The van der Waals surface area contributed by atoms with E-state index >= 15 is 0 Å². The van der Waals surface area contributed by atoms with Crippen molar-refractivity contribution in [2.45, 2.75) is 31.3 Å². The van der Waals surface area contributed by atoms with E-state index in [4.69, 9.17) is 10.5 Å². The second-order valence-electron chi connectivity index (χ2n) is 5.48. The molecule has 1 aliphatic carbocycles. The van der Waals surface area contributed by atoms with Crippen LogP contribution in [-0.4, -0.2) is 37.7 Å². The Hall–Kier alpha value is -0.900. The van der Waals surface area contributed by atoms with Crippen molar-refractivity contribution in [3.8, 4) is 0 Å². The van der Waals surface area contributed by atoms with Crippen LogP contribution in [0.5, 0.6) is 0 Å². The van der Waals surface area contributed by atoms with E-state index in [1.54, 1.807) is 7.11 Å². The van der Waals surface area contributed by atoms with Crippen LogP contribution in [0.25, 0.3) is 0 Å². The molecule has 1 atom stereocenters. The molecule has 1 fully saturated rings. The van der Waals surface area contributed by atoms with E-state index < -0.39 is 0 Å². The molecule has 100 valence electrons. The Morgan fingerprint density at radius 1 is 1.33 bits per heavy atom. The Morgan fingerprint density at radius 2 is 2.00 bits per heavy atom. The topological polar surface area (TPSA) is 38.5 Å². The molecule has 0 radical (unpaired) electrons. The standard InChI is InChI=1S/C15H24N2O/c1-15(16,13-6-4-3-5-7-13)12-17(10-11-18-2)14-8-9-14/h3-7,14H,8-12,16H2,1-2H3. The van der Waals surface area contributed by atoms with Crippen LogP contribution >= 0.6 is 0 Å². The maximum atomic E-state index is 6.49. The molecule has 0 heterocycles. The van der Waals surface area contributed by atoms with Crippen LogP contribution in [0.4, 0.5) is 0 Å². The van der Waals surface area contributed by atoms with Crippen molar-refractivity contribution in [3.63, 3.8) is 0 Å². The van der Waals surface area contributed by atoms with Crippen molar-refractivity contribution in [1.29, 1.82) is 0 Å². The number of benzene rings is 1. The first-order valence-corrected chi connectivity index (χ1v) is 6.71. The molecule has 1 unspecified atom stereocenters. The molecule has 3 heteroatoms. The number of nitrogens with two attached hydrogens (primary N) is 1. The van der Waals surface area contributed by atoms with E-state index in [0.29, 0.717) is 6.04 Å². The molecule has 2 N–H and O–H groups in total. The van der Waals surface area contributed by atoms with Gasteiger partial charge in [-0.2, -0.15) is 0 Å². The van der Waals surface area contributed by atoms with Crippen molar-refractivity contribution >= 4 is 0 Å². The fourth-order valence-electron chi connectivity index (χ4n) is 2.37. The van der Waals surface area contributed by atoms with Crippen LogP contribution < -0.4 is 5.73 Å². The monoisotopic (exact) mass is 248 g/mol. The average Bonchev–Trinajstić information content (AvgIpc) is 3.20. The first-order valence-electron chi connectivity index (χ1n) is 6.71. The normalized spacial score (nSPS) is 18.9. The van der Waals surface area contributed by atoms with Crippen LogP contribution in [-0.2, 0) is 10.3 Å². The van der Waals surface area contributed by atoms with Gasteiger partial charge >= 0.3 is 0 Å². The van der Waals surface area contributed by atoms with Crippen LogP contribution in [0.15, 0.2) is 30.3 Å². The number of rotatable bonds is 7. The smallest absolute Gasteiger partial charge is 0.0589 e. The molecule has 0 saturated heterocycles. The van der Waals surface area contributed by atoms with Crippen molar-refractivity contribution in [1.82, 2.24) is 4.90 Å². The van der Waals surface area contributed by atoms with Gasteiger partial charge in [0.05, 0.1) is 12.1 Å². The van der Waals surface area contributed by atoms with E-state index in [9.17, 15) is 0 Å². The first-order chi connectivity index (χ1) is 8.63. The Bertz CT molecular complexity index is 360. The summed E-state index contributed by atoms with van der Waals surface area (Å²) in [6.45, 7) is 4.76. The highest BCUT2D eigenvalue weighted by Crippen LogP contribution is 2.29. The van der Waals surface area contributed by atoms with Crippen molar-refractivity contribution in [3.05, 3.63) is 35.9 Å². The summed E-state index contributed by atoms with van der Waals surface area (Å²) in [4.78, 5) is 2.47. The van der Waals surface area contributed by atoms with Crippen molar-refractivity contribution < 1.29 is 4.74 Å². The van der Waals surface area contributed by atoms with Crippen LogP contribution in [0, 0.1) is 0 Å². The fraction of sp³-hybridized carbons (Fsp3) is 0.600. The lowest BCUT2D eigenvalue weighted by Crippen LogP contribution is -2.47. The van der Waals surface area contributed by atoms with Gasteiger partial charge in [0.25, 0.3) is 0 Å². The number of hydrogen-bond donors (Lipinski definition) is 1. The zero-order valence-corrected chi connectivity index (χ0v) is 11.4. The average molecular weight is 248 g/mol. The molecule has 3 nitrogen and oxygen atoms in total. The molecule has 0 aromatic heterocycles. The fourth-order valence-corrected chi connectivity index (χ4v) is 2.37. The summed E-state index contributed by atoms with van der Waals surface area (Å²) in [5.74, 6) is 0.